The van der Waals surface area contributed by atoms with Crippen molar-refractivity contribution in [2.45, 2.75) is 33.0 Å². The largest absolute Gasteiger partial charge is 0.307 e. The zero-order chi connectivity index (χ0) is 13.7. The fraction of sp³-hybridized carbons (Fsp3) is 0.357. The third-order valence-electron chi connectivity index (χ3n) is 2.78. The lowest BCUT2D eigenvalue weighted by Crippen LogP contribution is -2.14. The zero-order valence-electron chi connectivity index (χ0n) is 10.9. The van der Waals surface area contributed by atoms with E-state index in [1.807, 2.05) is 16.9 Å². The molecule has 0 saturated carbocycles. The molecule has 3 nitrogen and oxygen atoms in total. The Kier molecular flexibility index (Phi) is 4.63. The standard InChI is InChI=1S/C14H17F2N3/c1-2-6-19-7-5-13(18-19)10-17-9-11-8-12(15)3-4-14(11)16/h3-5,7-8,17H,2,6,9-10H2,1H3. The summed E-state index contributed by atoms with van der Waals surface area (Å²) < 4.78 is 28.2. The van der Waals surface area contributed by atoms with E-state index in [0.29, 0.717) is 12.1 Å². The van der Waals surface area contributed by atoms with Crippen molar-refractivity contribution >= 4 is 0 Å². The van der Waals surface area contributed by atoms with Crippen molar-refractivity contribution in [1.82, 2.24) is 15.1 Å². The maximum absolute atomic E-state index is 13.4. The van der Waals surface area contributed by atoms with Gasteiger partial charge in [0, 0.05) is 31.4 Å². The quantitative estimate of drug-likeness (QED) is 0.870. The maximum atomic E-state index is 13.4. The number of hydrogen-bond donors (Lipinski definition) is 1. The van der Waals surface area contributed by atoms with Gasteiger partial charge in [0.1, 0.15) is 11.6 Å². The molecule has 0 aliphatic carbocycles. The average molecular weight is 265 g/mol. The second-order valence-corrected chi connectivity index (χ2v) is 4.41. The first-order valence-electron chi connectivity index (χ1n) is 6.36. The van der Waals surface area contributed by atoms with Crippen LogP contribution in [0.2, 0.25) is 0 Å². The Labute approximate surface area is 111 Å². The van der Waals surface area contributed by atoms with Crippen molar-refractivity contribution in [2.24, 2.45) is 0 Å². The highest BCUT2D eigenvalue weighted by Crippen LogP contribution is 2.09. The predicted octanol–water partition coefficient (Wildman–Crippen LogP) is 2.86. The maximum Gasteiger partial charge on any atom is 0.127 e. The van der Waals surface area contributed by atoms with E-state index in [4.69, 9.17) is 0 Å². The monoisotopic (exact) mass is 265 g/mol. The number of aromatic nitrogens is 2. The SMILES string of the molecule is CCCn1ccc(CNCc2cc(F)ccc2F)n1. The van der Waals surface area contributed by atoms with Gasteiger partial charge in [-0.1, -0.05) is 6.92 Å². The van der Waals surface area contributed by atoms with E-state index in [0.717, 1.165) is 30.8 Å². The van der Waals surface area contributed by atoms with Gasteiger partial charge in [-0.15, -0.1) is 0 Å². The Balaban J connectivity index is 1.87. The topological polar surface area (TPSA) is 29.9 Å². The van der Waals surface area contributed by atoms with E-state index in [9.17, 15) is 8.78 Å². The highest BCUT2D eigenvalue weighted by molar-refractivity contribution is 5.18. The number of halogens is 2. The van der Waals surface area contributed by atoms with Gasteiger partial charge in [-0.25, -0.2) is 8.78 Å². The second kappa shape index (κ2) is 6.43. The fourth-order valence-corrected chi connectivity index (χ4v) is 1.86. The van der Waals surface area contributed by atoms with Crippen LogP contribution >= 0.6 is 0 Å². The predicted molar refractivity (Wildman–Crippen MR) is 69.4 cm³/mol. The van der Waals surface area contributed by atoms with E-state index < -0.39 is 11.6 Å². The number of nitrogens with zero attached hydrogens (tertiary/aromatic N) is 2. The van der Waals surface area contributed by atoms with Crippen LogP contribution in [0.4, 0.5) is 8.78 Å². The minimum absolute atomic E-state index is 0.282. The molecular weight excluding hydrogens is 248 g/mol. The molecule has 0 aliphatic heterocycles. The number of hydrogen-bond acceptors (Lipinski definition) is 2. The van der Waals surface area contributed by atoms with Crippen molar-refractivity contribution in [2.75, 3.05) is 0 Å². The van der Waals surface area contributed by atoms with Crippen molar-refractivity contribution < 1.29 is 8.78 Å². The average Bonchev–Trinajstić information content (AvgIpc) is 2.82. The number of rotatable bonds is 6. The second-order valence-electron chi connectivity index (χ2n) is 4.41. The Hall–Kier alpha value is -1.75. The molecule has 0 spiro atoms. The summed E-state index contributed by atoms with van der Waals surface area (Å²) in [4.78, 5) is 0. The van der Waals surface area contributed by atoms with Crippen LogP contribution in [-0.4, -0.2) is 9.78 Å². The molecular formula is C14H17F2N3. The third-order valence-corrected chi connectivity index (χ3v) is 2.78. The first kappa shape index (κ1) is 13.7. The van der Waals surface area contributed by atoms with Crippen LogP contribution in [0.15, 0.2) is 30.5 Å². The van der Waals surface area contributed by atoms with E-state index in [-0.39, 0.29) is 6.54 Å². The molecule has 2 rings (SSSR count). The molecule has 0 saturated heterocycles. The molecule has 1 heterocycles. The van der Waals surface area contributed by atoms with E-state index in [1.165, 1.54) is 6.07 Å². The van der Waals surface area contributed by atoms with Gasteiger partial charge in [0.25, 0.3) is 0 Å². The van der Waals surface area contributed by atoms with Gasteiger partial charge in [-0.2, -0.15) is 5.10 Å². The molecule has 0 radical (unpaired) electrons. The van der Waals surface area contributed by atoms with Crippen molar-refractivity contribution in [1.29, 1.82) is 0 Å². The Morgan fingerprint density at radius 2 is 2.05 bits per heavy atom. The van der Waals surface area contributed by atoms with Gasteiger partial charge in [0.2, 0.25) is 0 Å². The minimum atomic E-state index is -0.426. The summed E-state index contributed by atoms with van der Waals surface area (Å²) in [5.41, 5.74) is 1.22. The number of benzene rings is 1. The van der Waals surface area contributed by atoms with E-state index >= 15 is 0 Å². The minimum Gasteiger partial charge on any atom is -0.307 e. The molecule has 1 N–H and O–H groups in total. The van der Waals surface area contributed by atoms with Crippen LogP contribution < -0.4 is 5.32 Å². The van der Waals surface area contributed by atoms with Crippen LogP contribution in [-0.2, 0) is 19.6 Å². The molecule has 0 unspecified atom stereocenters. The molecule has 5 heteroatoms. The molecule has 0 amide bonds. The smallest absolute Gasteiger partial charge is 0.127 e. The highest BCUT2D eigenvalue weighted by atomic mass is 19.1. The van der Waals surface area contributed by atoms with Crippen LogP contribution in [0.1, 0.15) is 24.6 Å². The Morgan fingerprint density at radius 3 is 2.84 bits per heavy atom. The molecule has 0 aliphatic rings. The van der Waals surface area contributed by atoms with Crippen molar-refractivity contribution in [3.63, 3.8) is 0 Å². The summed E-state index contributed by atoms with van der Waals surface area (Å²) in [6, 6.07) is 5.39. The highest BCUT2D eigenvalue weighted by Gasteiger charge is 2.04. The van der Waals surface area contributed by atoms with Gasteiger partial charge in [0.15, 0.2) is 0 Å². The first-order valence-corrected chi connectivity index (χ1v) is 6.36. The van der Waals surface area contributed by atoms with E-state index in [2.05, 4.69) is 17.3 Å². The molecule has 19 heavy (non-hydrogen) atoms. The summed E-state index contributed by atoms with van der Waals surface area (Å²) in [5.74, 6) is -0.823. The van der Waals surface area contributed by atoms with Crippen molar-refractivity contribution in [3.8, 4) is 0 Å². The zero-order valence-corrected chi connectivity index (χ0v) is 10.9. The number of aryl methyl sites for hydroxylation is 1. The molecule has 1 aromatic carbocycles. The fourth-order valence-electron chi connectivity index (χ4n) is 1.86. The van der Waals surface area contributed by atoms with Crippen LogP contribution in [0.25, 0.3) is 0 Å². The molecule has 102 valence electrons. The van der Waals surface area contributed by atoms with Gasteiger partial charge in [0.05, 0.1) is 5.69 Å². The third kappa shape index (κ3) is 3.86. The summed E-state index contributed by atoms with van der Waals surface area (Å²) in [5, 5.41) is 7.42. The summed E-state index contributed by atoms with van der Waals surface area (Å²) in [6.07, 6.45) is 2.95. The summed E-state index contributed by atoms with van der Waals surface area (Å²) in [7, 11) is 0. The van der Waals surface area contributed by atoms with Crippen LogP contribution in [0.5, 0.6) is 0 Å². The molecule has 0 atom stereocenters. The lowest BCUT2D eigenvalue weighted by atomic mass is 10.2. The summed E-state index contributed by atoms with van der Waals surface area (Å²) >= 11 is 0. The molecule has 2 aromatic rings. The van der Waals surface area contributed by atoms with Gasteiger partial charge >= 0.3 is 0 Å². The van der Waals surface area contributed by atoms with Gasteiger partial charge in [-0.3, -0.25) is 4.68 Å². The lowest BCUT2D eigenvalue weighted by molar-refractivity contribution is 0.559. The lowest BCUT2D eigenvalue weighted by Gasteiger charge is -2.05. The molecule has 1 aromatic heterocycles. The van der Waals surface area contributed by atoms with Crippen LogP contribution in [0, 0.1) is 11.6 Å². The number of nitrogens with one attached hydrogen (secondary N) is 1. The van der Waals surface area contributed by atoms with Gasteiger partial charge in [-0.05, 0) is 30.7 Å². The van der Waals surface area contributed by atoms with Crippen LogP contribution in [0.3, 0.4) is 0 Å². The van der Waals surface area contributed by atoms with E-state index in [1.54, 1.807) is 0 Å². The normalized spacial score (nSPS) is 10.9. The summed E-state index contributed by atoms with van der Waals surface area (Å²) in [6.45, 7) is 3.79. The molecule has 0 fully saturated rings. The Morgan fingerprint density at radius 1 is 1.21 bits per heavy atom. The Bertz CT molecular complexity index is 537. The van der Waals surface area contributed by atoms with Gasteiger partial charge < -0.3 is 5.32 Å². The molecule has 0 bridgehead atoms. The van der Waals surface area contributed by atoms with Crippen molar-refractivity contribution in [3.05, 3.63) is 53.4 Å². The first-order chi connectivity index (χ1) is 9.19.